The second kappa shape index (κ2) is 4.19. The van der Waals surface area contributed by atoms with Crippen LogP contribution in [0.5, 0.6) is 0 Å². The number of carbonyl (C=O) groups is 1. The van der Waals surface area contributed by atoms with Crippen molar-refractivity contribution in [2.75, 3.05) is 7.11 Å². The van der Waals surface area contributed by atoms with Crippen LogP contribution in [0.4, 0.5) is 13.2 Å². The topological polar surface area (TPSA) is 52.3 Å². The second-order valence-electron chi connectivity index (χ2n) is 2.75. The van der Waals surface area contributed by atoms with Crippen LogP contribution >= 0.6 is 11.3 Å². The van der Waals surface area contributed by atoms with Gasteiger partial charge in [0.05, 0.1) is 12.7 Å². The lowest BCUT2D eigenvalue weighted by Crippen LogP contribution is -2.27. The molecule has 7 heteroatoms. The van der Waals surface area contributed by atoms with Crippen molar-refractivity contribution in [2.45, 2.75) is 12.2 Å². The van der Waals surface area contributed by atoms with Gasteiger partial charge in [-0.25, -0.2) is 4.79 Å². The van der Waals surface area contributed by atoms with Crippen LogP contribution in [-0.2, 0) is 4.74 Å². The Morgan fingerprint density at radius 1 is 1.60 bits per heavy atom. The fraction of sp³-hybridized carbons (Fsp3) is 0.375. The molecule has 0 aromatic carbocycles. The SMILES string of the molecule is COC(=O)c1csc(C(N)C(F)(F)F)c1. The molecule has 0 aliphatic heterocycles. The van der Waals surface area contributed by atoms with E-state index in [1.807, 2.05) is 0 Å². The molecule has 0 radical (unpaired) electrons. The van der Waals surface area contributed by atoms with E-state index in [0.717, 1.165) is 24.5 Å². The van der Waals surface area contributed by atoms with Gasteiger partial charge in [-0.05, 0) is 6.07 Å². The molecule has 2 N–H and O–H groups in total. The molecule has 1 aromatic heterocycles. The summed E-state index contributed by atoms with van der Waals surface area (Å²) >= 11 is 0.782. The van der Waals surface area contributed by atoms with Gasteiger partial charge in [-0.3, -0.25) is 0 Å². The van der Waals surface area contributed by atoms with E-state index in [0.29, 0.717) is 0 Å². The maximum atomic E-state index is 12.2. The maximum Gasteiger partial charge on any atom is 0.408 e. The molecule has 84 valence electrons. The van der Waals surface area contributed by atoms with Crippen LogP contribution in [0, 0.1) is 0 Å². The van der Waals surface area contributed by atoms with Crippen LogP contribution in [0.2, 0.25) is 0 Å². The van der Waals surface area contributed by atoms with E-state index in [-0.39, 0.29) is 10.4 Å². The van der Waals surface area contributed by atoms with Gasteiger partial charge in [0.15, 0.2) is 0 Å². The van der Waals surface area contributed by atoms with Gasteiger partial charge in [-0.2, -0.15) is 13.2 Å². The van der Waals surface area contributed by atoms with Gasteiger partial charge >= 0.3 is 12.1 Å². The Balaban J connectivity index is 2.89. The Hall–Kier alpha value is -1.08. The van der Waals surface area contributed by atoms with Gasteiger partial charge in [0, 0.05) is 10.3 Å². The first-order chi connectivity index (χ1) is 6.86. The largest absolute Gasteiger partial charge is 0.465 e. The molecule has 0 saturated heterocycles. The molecule has 0 amide bonds. The molecular formula is C8H8F3NO2S. The van der Waals surface area contributed by atoms with Crippen molar-refractivity contribution in [1.29, 1.82) is 0 Å². The number of esters is 1. The molecule has 0 fully saturated rings. The minimum absolute atomic E-state index is 0.0807. The van der Waals surface area contributed by atoms with Crippen LogP contribution in [0.25, 0.3) is 0 Å². The molecule has 1 unspecified atom stereocenters. The maximum absolute atomic E-state index is 12.2. The summed E-state index contributed by atoms with van der Waals surface area (Å²) in [6.45, 7) is 0. The van der Waals surface area contributed by atoms with Crippen LogP contribution in [0.1, 0.15) is 21.3 Å². The number of thiophene rings is 1. The summed E-state index contributed by atoms with van der Waals surface area (Å²) in [6.07, 6.45) is -4.50. The molecule has 0 aliphatic rings. The number of methoxy groups -OCH3 is 1. The quantitative estimate of drug-likeness (QED) is 0.804. The standard InChI is InChI=1S/C8H8F3NO2S/c1-14-7(13)4-2-5(15-3-4)6(12)8(9,10)11/h2-3,6H,12H2,1H3. The van der Waals surface area contributed by atoms with Gasteiger partial charge in [0.2, 0.25) is 0 Å². The number of ether oxygens (including phenoxy) is 1. The zero-order valence-electron chi connectivity index (χ0n) is 7.67. The predicted octanol–water partition coefficient (Wildman–Crippen LogP) is 2.10. The summed E-state index contributed by atoms with van der Waals surface area (Å²) in [6, 6.07) is -0.963. The van der Waals surface area contributed by atoms with Gasteiger partial charge in [0.1, 0.15) is 6.04 Å². The average Bonchev–Trinajstić information content (AvgIpc) is 2.62. The first kappa shape index (κ1) is 12.0. The molecule has 1 heterocycles. The lowest BCUT2D eigenvalue weighted by Gasteiger charge is -2.12. The van der Waals surface area contributed by atoms with E-state index < -0.39 is 18.2 Å². The number of halogens is 3. The normalized spacial score (nSPS) is 13.7. The Labute approximate surface area is 87.6 Å². The highest BCUT2D eigenvalue weighted by Gasteiger charge is 2.38. The van der Waals surface area contributed by atoms with Gasteiger partial charge in [-0.1, -0.05) is 0 Å². The number of alkyl halides is 3. The van der Waals surface area contributed by atoms with Crippen LogP contribution in [-0.4, -0.2) is 19.3 Å². The van der Waals surface area contributed by atoms with Crippen molar-refractivity contribution < 1.29 is 22.7 Å². The number of rotatable bonds is 2. The van der Waals surface area contributed by atoms with Crippen LogP contribution < -0.4 is 5.73 Å². The Bertz CT molecular complexity index is 361. The predicted molar refractivity (Wildman–Crippen MR) is 48.6 cm³/mol. The number of hydrogen-bond donors (Lipinski definition) is 1. The van der Waals surface area contributed by atoms with Gasteiger partial charge in [-0.15, -0.1) is 11.3 Å². The molecule has 3 nitrogen and oxygen atoms in total. The molecule has 1 aromatic rings. The first-order valence-electron chi connectivity index (χ1n) is 3.85. The zero-order valence-corrected chi connectivity index (χ0v) is 8.48. The second-order valence-corrected chi connectivity index (χ2v) is 3.69. The molecule has 0 bridgehead atoms. The van der Waals surface area contributed by atoms with Crippen molar-refractivity contribution in [1.82, 2.24) is 0 Å². The van der Waals surface area contributed by atoms with E-state index in [1.165, 1.54) is 5.38 Å². The highest BCUT2D eigenvalue weighted by atomic mass is 32.1. The molecule has 0 saturated carbocycles. The summed E-state index contributed by atoms with van der Waals surface area (Å²) in [5.74, 6) is -0.674. The molecular weight excluding hydrogens is 231 g/mol. The third-order valence-corrected chi connectivity index (χ3v) is 2.72. The number of nitrogens with two attached hydrogens (primary N) is 1. The lowest BCUT2D eigenvalue weighted by atomic mass is 10.2. The van der Waals surface area contributed by atoms with Crippen LogP contribution in [0.15, 0.2) is 11.4 Å². The first-order valence-corrected chi connectivity index (χ1v) is 4.73. The van der Waals surface area contributed by atoms with Crippen molar-refractivity contribution >= 4 is 17.3 Å². The number of carbonyl (C=O) groups excluding carboxylic acids is 1. The van der Waals surface area contributed by atoms with E-state index in [9.17, 15) is 18.0 Å². The fourth-order valence-electron chi connectivity index (χ4n) is 0.902. The van der Waals surface area contributed by atoms with Gasteiger partial charge < -0.3 is 10.5 Å². The van der Waals surface area contributed by atoms with Crippen molar-refractivity contribution in [3.05, 3.63) is 21.9 Å². The van der Waals surface area contributed by atoms with Crippen molar-refractivity contribution in [3.8, 4) is 0 Å². The molecule has 1 rings (SSSR count). The summed E-state index contributed by atoms with van der Waals surface area (Å²) in [5, 5.41) is 1.28. The van der Waals surface area contributed by atoms with E-state index in [1.54, 1.807) is 0 Å². The Morgan fingerprint density at radius 3 is 2.67 bits per heavy atom. The monoisotopic (exact) mass is 239 g/mol. The summed E-state index contributed by atoms with van der Waals surface area (Å²) in [7, 11) is 1.16. The fourth-order valence-corrected chi connectivity index (χ4v) is 1.80. The zero-order chi connectivity index (χ0) is 11.6. The minimum Gasteiger partial charge on any atom is -0.465 e. The third kappa shape index (κ3) is 2.69. The highest BCUT2D eigenvalue weighted by molar-refractivity contribution is 7.10. The van der Waals surface area contributed by atoms with E-state index in [4.69, 9.17) is 5.73 Å². The van der Waals surface area contributed by atoms with Crippen LogP contribution in [0.3, 0.4) is 0 Å². The number of hydrogen-bond acceptors (Lipinski definition) is 4. The van der Waals surface area contributed by atoms with Gasteiger partial charge in [0.25, 0.3) is 0 Å². The summed E-state index contributed by atoms with van der Waals surface area (Å²) in [5.41, 5.74) is 5.04. The van der Waals surface area contributed by atoms with Crippen molar-refractivity contribution in [2.24, 2.45) is 5.73 Å². The third-order valence-electron chi connectivity index (χ3n) is 1.70. The summed E-state index contributed by atoms with van der Waals surface area (Å²) in [4.78, 5) is 10.9. The van der Waals surface area contributed by atoms with E-state index in [2.05, 4.69) is 4.74 Å². The molecule has 15 heavy (non-hydrogen) atoms. The van der Waals surface area contributed by atoms with E-state index >= 15 is 0 Å². The molecule has 1 atom stereocenters. The lowest BCUT2D eigenvalue weighted by molar-refractivity contribution is -0.148. The average molecular weight is 239 g/mol. The summed E-state index contributed by atoms with van der Waals surface area (Å²) < 4.78 is 40.9. The Kier molecular flexibility index (Phi) is 3.35. The minimum atomic E-state index is -4.50. The molecule has 0 aliphatic carbocycles. The van der Waals surface area contributed by atoms with Crippen molar-refractivity contribution in [3.63, 3.8) is 0 Å². The highest BCUT2D eigenvalue weighted by Crippen LogP contribution is 2.33. The molecule has 0 spiro atoms. The smallest absolute Gasteiger partial charge is 0.408 e. The Morgan fingerprint density at radius 2 is 2.20 bits per heavy atom.